The summed E-state index contributed by atoms with van der Waals surface area (Å²) in [5.41, 5.74) is 4.88. The molecular weight excluding hydrogens is 226 g/mol. The van der Waals surface area contributed by atoms with Gasteiger partial charge in [0.25, 0.3) is 0 Å². The van der Waals surface area contributed by atoms with E-state index in [1.807, 2.05) is 12.1 Å². The van der Waals surface area contributed by atoms with Crippen molar-refractivity contribution in [1.82, 2.24) is 4.98 Å². The number of aromatic nitrogens is 1. The zero-order chi connectivity index (χ0) is 12.5. The second kappa shape index (κ2) is 4.33. The van der Waals surface area contributed by atoms with Gasteiger partial charge in [-0.25, -0.2) is 4.79 Å². The molecule has 3 nitrogen and oxygen atoms in total. The normalized spacial score (nSPS) is 15.1. The number of aliphatic carboxylic acids is 1. The van der Waals surface area contributed by atoms with Crippen molar-refractivity contribution in [2.45, 2.75) is 25.7 Å². The number of aromatic amines is 1. The van der Waals surface area contributed by atoms with Crippen molar-refractivity contribution >= 4 is 22.9 Å². The lowest BCUT2D eigenvalue weighted by Gasteiger charge is -2.10. The van der Waals surface area contributed by atoms with Gasteiger partial charge in [-0.3, -0.25) is 0 Å². The summed E-state index contributed by atoms with van der Waals surface area (Å²) in [6.45, 7) is 0. The van der Waals surface area contributed by atoms with E-state index in [1.165, 1.54) is 35.6 Å². The van der Waals surface area contributed by atoms with Crippen LogP contribution in [0, 0.1) is 0 Å². The van der Waals surface area contributed by atoms with Crippen molar-refractivity contribution in [3.63, 3.8) is 0 Å². The number of H-pyrrole nitrogens is 1. The van der Waals surface area contributed by atoms with Crippen molar-refractivity contribution in [1.29, 1.82) is 0 Å². The molecule has 1 aromatic heterocycles. The van der Waals surface area contributed by atoms with Gasteiger partial charge in [-0.2, -0.15) is 0 Å². The molecule has 0 spiro atoms. The van der Waals surface area contributed by atoms with E-state index in [2.05, 4.69) is 11.1 Å². The molecule has 92 valence electrons. The molecule has 3 heteroatoms. The second-order valence-corrected chi connectivity index (χ2v) is 4.77. The van der Waals surface area contributed by atoms with Gasteiger partial charge in [-0.15, -0.1) is 0 Å². The monoisotopic (exact) mass is 241 g/mol. The van der Waals surface area contributed by atoms with Crippen LogP contribution in [0.5, 0.6) is 0 Å². The maximum Gasteiger partial charge on any atom is 0.328 e. The maximum atomic E-state index is 10.5. The van der Waals surface area contributed by atoms with Crippen LogP contribution in [0.15, 0.2) is 24.3 Å². The summed E-state index contributed by atoms with van der Waals surface area (Å²) in [5, 5.41) is 9.89. The van der Waals surface area contributed by atoms with Gasteiger partial charge in [0.2, 0.25) is 0 Å². The third-order valence-corrected chi connectivity index (χ3v) is 3.54. The van der Waals surface area contributed by atoms with Crippen molar-refractivity contribution in [2.75, 3.05) is 0 Å². The predicted molar refractivity (Wildman–Crippen MR) is 71.6 cm³/mol. The standard InChI is InChI=1S/C15H15NO2/c17-15(18)8-6-10-5-7-14-12(9-10)11-3-1-2-4-13(11)16-14/h5-9,16H,1-4H2,(H,17,18). The SMILES string of the molecule is O=C(O)C=Cc1ccc2[nH]c3c(c2c1)CCCC3. The number of nitrogens with one attached hydrogen (secondary N) is 1. The minimum atomic E-state index is -0.911. The van der Waals surface area contributed by atoms with Gasteiger partial charge < -0.3 is 10.1 Å². The summed E-state index contributed by atoms with van der Waals surface area (Å²) in [6, 6.07) is 6.06. The Morgan fingerprint density at radius 1 is 1.28 bits per heavy atom. The minimum absolute atomic E-state index is 0.911. The Kier molecular flexibility index (Phi) is 2.67. The van der Waals surface area contributed by atoms with Crippen molar-refractivity contribution < 1.29 is 9.90 Å². The molecule has 0 radical (unpaired) electrons. The van der Waals surface area contributed by atoms with Crippen LogP contribution in [0.1, 0.15) is 29.7 Å². The summed E-state index contributed by atoms with van der Waals surface area (Å²) < 4.78 is 0. The first kappa shape index (κ1) is 11.1. The van der Waals surface area contributed by atoms with Gasteiger partial charge >= 0.3 is 5.97 Å². The lowest BCUT2D eigenvalue weighted by atomic mass is 9.95. The molecule has 1 aliphatic rings. The fraction of sp³-hybridized carbons (Fsp3) is 0.267. The Balaban J connectivity index is 2.08. The first-order chi connectivity index (χ1) is 8.74. The van der Waals surface area contributed by atoms with E-state index in [0.29, 0.717) is 0 Å². The molecule has 0 fully saturated rings. The summed E-state index contributed by atoms with van der Waals surface area (Å²) in [7, 11) is 0. The van der Waals surface area contributed by atoms with E-state index >= 15 is 0 Å². The molecule has 1 heterocycles. The van der Waals surface area contributed by atoms with Crippen LogP contribution in [0.25, 0.3) is 17.0 Å². The van der Waals surface area contributed by atoms with Gasteiger partial charge in [-0.05, 0) is 55.0 Å². The van der Waals surface area contributed by atoms with Crippen LogP contribution < -0.4 is 0 Å². The van der Waals surface area contributed by atoms with Gasteiger partial charge in [0.1, 0.15) is 0 Å². The van der Waals surface area contributed by atoms with Gasteiger partial charge in [0.05, 0.1) is 0 Å². The molecular formula is C15H15NO2. The van der Waals surface area contributed by atoms with Crippen molar-refractivity contribution in [3.05, 3.63) is 41.1 Å². The van der Waals surface area contributed by atoms with Crippen LogP contribution in [0.2, 0.25) is 0 Å². The molecule has 0 aliphatic heterocycles. The molecule has 3 rings (SSSR count). The molecule has 0 bridgehead atoms. The van der Waals surface area contributed by atoms with Crippen molar-refractivity contribution in [2.24, 2.45) is 0 Å². The smallest absolute Gasteiger partial charge is 0.328 e. The number of benzene rings is 1. The fourth-order valence-corrected chi connectivity index (χ4v) is 2.69. The molecule has 2 aromatic rings. The Bertz CT molecular complexity index is 637. The first-order valence-electron chi connectivity index (χ1n) is 6.28. The average molecular weight is 241 g/mol. The fourth-order valence-electron chi connectivity index (χ4n) is 2.69. The zero-order valence-corrected chi connectivity index (χ0v) is 10.1. The predicted octanol–water partition coefficient (Wildman–Crippen LogP) is 3.14. The highest BCUT2D eigenvalue weighted by atomic mass is 16.4. The number of carbonyl (C=O) groups is 1. The number of rotatable bonds is 2. The van der Waals surface area contributed by atoms with Crippen LogP contribution in [0.4, 0.5) is 0 Å². The van der Waals surface area contributed by atoms with Gasteiger partial charge in [0, 0.05) is 22.7 Å². The molecule has 18 heavy (non-hydrogen) atoms. The van der Waals surface area contributed by atoms with E-state index in [9.17, 15) is 4.79 Å². The van der Waals surface area contributed by atoms with Crippen LogP contribution in [0.3, 0.4) is 0 Å². The quantitative estimate of drug-likeness (QED) is 0.793. The third-order valence-electron chi connectivity index (χ3n) is 3.54. The number of carboxylic acids is 1. The Hall–Kier alpha value is -2.03. The number of aryl methyl sites for hydroxylation is 2. The molecule has 0 atom stereocenters. The Morgan fingerprint density at radius 2 is 2.11 bits per heavy atom. The highest BCUT2D eigenvalue weighted by molar-refractivity contribution is 5.89. The second-order valence-electron chi connectivity index (χ2n) is 4.77. The minimum Gasteiger partial charge on any atom is -0.478 e. The molecule has 0 saturated heterocycles. The van der Waals surface area contributed by atoms with Gasteiger partial charge in [0.15, 0.2) is 0 Å². The molecule has 0 unspecified atom stereocenters. The Morgan fingerprint density at radius 3 is 2.94 bits per heavy atom. The first-order valence-corrected chi connectivity index (χ1v) is 6.28. The molecule has 0 amide bonds. The maximum absolute atomic E-state index is 10.5. The van der Waals surface area contributed by atoms with E-state index in [0.717, 1.165) is 23.9 Å². The summed E-state index contributed by atoms with van der Waals surface area (Å²) in [4.78, 5) is 14.0. The van der Waals surface area contributed by atoms with Crippen molar-refractivity contribution in [3.8, 4) is 0 Å². The van der Waals surface area contributed by atoms with E-state index in [4.69, 9.17) is 5.11 Å². The topological polar surface area (TPSA) is 53.1 Å². The molecule has 0 saturated carbocycles. The van der Waals surface area contributed by atoms with E-state index < -0.39 is 5.97 Å². The third kappa shape index (κ3) is 1.92. The number of hydrogen-bond donors (Lipinski definition) is 2. The molecule has 2 N–H and O–H groups in total. The summed E-state index contributed by atoms with van der Waals surface area (Å²) in [6.07, 6.45) is 7.58. The molecule has 1 aliphatic carbocycles. The summed E-state index contributed by atoms with van der Waals surface area (Å²) >= 11 is 0. The van der Waals surface area contributed by atoms with Crippen LogP contribution >= 0.6 is 0 Å². The van der Waals surface area contributed by atoms with E-state index in [1.54, 1.807) is 6.08 Å². The lowest BCUT2D eigenvalue weighted by Crippen LogP contribution is -1.99. The summed E-state index contributed by atoms with van der Waals surface area (Å²) in [5.74, 6) is -0.911. The lowest BCUT2D eigenvalue weighted by molar-refractivity contribution is -0.131. The average Bonchev–Trinajstić information content (AvgIpc) is 2.74. The highest BCUT2D eigenvalue weighted by Crippen LogP contribution is 2.29. The Labute approximate surface area is 105 Å². The highest BCUT2D eigenvalue weighted by Gasteiger charge is 2.14. The zero-order valence-electron chi connectivity index (χ0n) is 10.1. The number of fused-ring (bicyclic) bond motifs is 3. The number of hydrogen-bond acceptors (Lipinski definition) is 1. The van der Waals surface area contributed by atoms with Gasteiger partial charge in [-0.1, -0.05) is 6.07 Å². The number of carboxylic acid groups (broad SMARTS) is 1. The van der Waals surface area contributed by atoms with Crippen LogP contribution in [-0.2, 0) is 17.6 Å². The van der Waals surface area contributed by atoms with Crippen LogP contribution in [-0.4, -0.2) is 16.1 Å². The van der Waals surface area contributed by atoms with E-state index in [-0.39, 0.29) is 0 Å². The molecule has 1 aromatic carbocycles. The largest absolute Gasteiger partial charge is 0.478 e.